The van der Waals surface area contributed by atoms with E-state index < -0.39 is 0 Å². The highest BCUT2D eigenvalue weighted by Gasteiger charge is 2.36. The van der Waals surface area contributed by atoms with E-state index in [0.29, 0.717) is 18.1 Å². The second-order valence-corrected chi connectivity index (χ2v) is 8.04. The van der Waals surface area contributed by atoms with Gasteiger partial charge in [0.15, 0.2) is 10.9 Å². The lowest BCUT2D eigenvalue weighted by Crippen LogP contribution is -2.49. The lowest BCUT2D eigenvalue weighted by Gasteiger charge is -2.41. The van der Waals surface area contributed by atoms with Gasteiger partial charge in [-0.2, -0.15) is 0 Å². The molecule has 0 bridgehead atoms. The number of nitrogens with one attached hydrogen (secondary N) is 1. The van der Waals surface area contributed by atoms with Gasteiger partial charge in [-0.05, 0) is 66.9 Å². The van der Waals surface area contributed by atoms with Crippen LogP contribution in [-0.4, -0.2) is 22.3 Å². The van der Waals surface area contributed by atoms with Crippen LogP contribution in [0.5, 0.6) is 5.75 Å². The van der Waals surface area contributed by atoms with Crippen molar-refractivity contribution >= 4 is 23.1 Å². The number of carbonyl (C=O) groups is 1. The molecule has 0 saturated heterocycles. The van der Waals surface area contributed by atoms with Crippen LogP contribution in [0, 0.1) is 5.82 Å². The summed E-state index contributed by atoms with van der Waals surface area (Å²) in [5.41, 5.74) is 3.82. The van der Waals surface area contributed by atoms with Crippen molar-refractivity contribution in [2.75, 3.05) is 6.54 Å². The first-order chi connectivity index (χ1) is 14.6. The van der Waals surface area contributed by atoms with E-state index in [1.807, 2.05) is 24.3 Å². The van der Waals surface area contributed by atoms with Crippen molar-refractivity contribution in [3.05, 3.63) is 76.7 Å². The number of allylic oxidation sites excluding steroid dienone is 1. The highest BCUT2D eigenvalue weighted by Crippen LogP contribution is 2.37. The number of ketones is 1. The minimum absolute atomic E-state index is 0.203. The van der Waals surface area contributed by atoms with Crippen molar-refractivity contribution in [3.63, 3.8) is 0 Å². The van der Waals surface area contributed by atoms with Crippen LogP contribution in [-0.2, 0) is 11.4 Å². The maximum Gasteiger partial charge on any atom is 0.173 e. The fourth-order valence-electron chi connectivity index (χ4n) is 4.06. The van der Waals surface area contributed by atoms with E-state index in [2.05, 4.69) is 17.1 Å². The van der Waals surface area contributed by atoms with E-state index in [1.165, 1.54) is 12.1 Å². The third-order valence-electron chi connectivity index (χ3n) is 5.54. The smallest absolute Gasteiger partial charge is 0.173 e. The number of nitrogens with zero attached hydrogens (tertiary/aromatic N) is 1. The summed E-state index contributed by atoms with van der Waals surface area (Å²) in [5, 5.41) is 4.07. The van der Waals surface area contributed by atoms with E-state index in [-0.39, 0.29) is 17.6 Å². The number of ether oxygens (including phenoxy) is 1. The van der Waals surface area contributed by atoms with Gasteiger partial charge >= 0.3 is 0 Å². The fraction of sp³-hybridized carbons (Fsp3) is 0.333. The highest BCUT2D eigenvalue weighted by molar-refractivity contribution is 7.80. The molecular weight excluding hydrogens is 399 g/mol. The van der Waals surface area contributed by atoms with Crippen molar-refractivity contribution in [3.8, 4) is 5.75 Å². The van der Waals surface area contributed by atoms with Gasteiger partial charge in [0.25, 0.3) is 0 Å². The zero-order chi connectivity index (χ0) is 21.1. The summed E-state index contributed by atoms with van der Waals surface area (Å²) < 4.78 is 18.8. The number of hydrogen-bond acceptors (Lipinski definition) is 3. The number of Topliss-reactive ketones (excluding diaryl/α,β-unsaturated/α-hetero) is 1. The Labute approximate surface area is 181 Å². The molecular formula is C24H25FN2O2S. The molecule has 1 N–H and O–H groups in total. The largest absolute Gasteiger partial charge is 0.489 e. The molecule has 4 rings (SSSR count). The highest BCUT2D eigenvalue weighted by atomic mass is 32.1. The summed E-state index contributed by atoms with van der Waals surface area (Å²) in [6.07, 6.45) is 3.32. The lowest BCUT2D eigenvalue weighted by atomic mass is 9.85. The molecule has 0 spiro atoms. The Morgan fingerprint density at radius 2 is 1.87 bits per heavy atom. The zero-order valence-corrected chi connectivity index (χ0v) is 17.8. The van der Waals surface area contributed by atoms with Crippen molar-refractivity contribution in [2.24, 2.45) is 0 Å². The molecule has 6 heteroatoms. The maximum absolute atomic E-state index is 13.0. The Hall–Kier alpha value is -2.73. The molecule has 1 unspecified atom stereocenters. The van der Waals surface area contributed by atoms with Gasteiger partial charge in [0.1, 0.15) is 18.2 Å². The average Bonchev–Trinajstić information content (AvgIpc) is 2.76. The van der Waals surface area contributed by atoms with Crippen LogP contribution in [0.3, 0.4) is 0 Å². The predicted octanol–water partition coefficient (Wildman–Crippen LogP) is 5.05. The Morgan fingerprint density at radius 3 is 2.57 bits per heavy atom. The second kappa shape index (κ2) is 8.96. The van der Waals surface area contributed by atoms with Gasteiger partial charge in [-0.25, -0.2) is 4.39 Å². The first kappa shape index (κ1) is 20.5. The maximum atomic E-state index is 13.0. The number of rotatable bonds is 6. The van der Waals surface area contributed by atoms with Gasteiger partial charge in [-0.15, -0.1) is 0 Å². The zero-order valence-electron chi connectivity index (χ0n) is 17.0. The van der Waals surface area contributed by atoms with E-state index >= 15 is 0 Å². The van der Waals surface area contributed by atoms with E-state index in [4.69, 9.17) is 17.0 Å². The molecule has 1 atom stereocenters. The number of benzene rings is 2. The number of halogens is 1. The fourth-order valence-corrected chi connectivity index (χ4v) is 4.38. The van der Waals surface area contributed by atoms with Crippen LogP contribution in [0.4, 0.5) is 4.39 Å². The van der Waals surface area contributed by atoms with Crippen molar-refractivity contribution in [1.82, 2.24) is 10.2 Å². The molecule has 1 aliphatic carbocycles. The third kappa shape index (κ3) is 4.24. The monoisotopic (exact) mass is 424 g/mol. The van der Waals surface area contributed by atoms with Gasteiger partial charge in [0.2, 0.25) is 0 Å². The van der Waals surface area contributed by atoms with Crippen molar-refractivity contribution < 1.29 is 13.9 Å². The van der Waals surface area contributed by atoms with Crippen LogP contribution in [0.25, 0.3) is 0 Å². The molecule has 0 saturated carbocycles. The molecule has 30 heavy (non-hydrogen) atoms. The SMILES string of the molecule is CCCN1C(=S)NC(c2ccc(OCc3ccc(F)cc3)cc2)C2=C1CCCC2=O. The normalized spacial score (nSPS) is 18.9. The standard InChI is InChI=1S/C24H25FN2O2S/c1-2-14-27-20-4-3-5-21(28)22(20)23(26-24(27)30)17-8-12-19(13-9-17)29-15-16-6-10-18(25)11-7-16/h6-13,23H,2-5,14-15H2,1H3,(H,26,30). The molecule has 2 aromatic carbocycles. The summed E-state index contributed by atoms with van der Waals surface area (Å²) in [5.74, 6) is 0.664. The summed E-state index contributed by atoms with van der Waals surface area (Å²) in [7, 11) is 0. The van der Waals surface area contributed by atoms with Crippen molar-refractivity contribution in [2.45, 2.75) is 45.3 Å². The Morgan fingerprint density at radius 1 is 1.13 bits per heavy atom. The van der Waals surface area contributed by atoms with E-state index in [9.17, 15) is 9.18 Å². The topological polar surface area (TPSA) is 41.6 Å². The number of hydrogen-bond donors (Lipinski definition) is 1. The molecule has 0 fully saturated rings. The minimum Gasteiger partial charge on any atom is -0.489 e. The van der Waals surface area contributed by atoms with Gasteiger partial charge in [0, 0.05) is 24.2 Å². The Kier molecular flexibility index (Phi) is 6.13. The first-order valence-electron chi connectivity index (χ1n) is 10.4. The molecule has 1 heterocycles. The molecule has 2 aromatic rings. The van der Waals surface area contributed by atoms with Gasteiger partial charge in [-0.3, -0.25) is 4.79 Å². The van der Waals surface area contributed by atoms with E-state index in [0.717, 1.165) is 54.0 Å². The van der Waals surface area contributed by atoms with Crippen LogP contribution in [0.15, 0.2) is 59.8 Å². The van der Waals surface area contributed by atoms with Gasteiger partial charge in [0.05, 0.1) is 6.04 Å². The summed E-state index contributed by atoms with van der Waals surface area (Å²) in [6.45, 7) is 3.30. The predicted molar refractivity (Wildman–Crippen MR) is 119 cm³/mol. The first-order valence-corrected chi connectivity index (χ1v) is 10.8. The van der Waals surface area contributed by atoms with E-state index in [1.54, 1.807) is 12.1 Å². The molecule has 0 radical (unpaired) electrons. The number of thiocarbonyl (C=S) groups is 1. The van der Waals surface area contributed by atoms with Crippen LogP contribution < -0.4 is 10.1 Å². The Balaban J connectivity index is 1.54. The molecule has 156 valence electrons. The van der Waals surface area contributed by atoms with Crippen molar-refractivity contribution in [1.29, 1.82) is 0 Å². The van der Waals surface area contributed by atoms with Crippen LogP contribution in [0.1, 0.15) is 49.8 Å². The second-order valence-electron chi connectivity index (χ2n) is 7.66. The number of carbonyl (C=O) groups excluding carboxylic acids is 1. The summed E-state index contributed by atoms with van der Waals surface area (Å²) >= 11 is 5.63. The van der Waals surface area contributed by atoms with Crippen LogP contribution in [0.2, 0.25) is 0 Å². The molecule has 0 amide bonds. The minimum atomic E-state index is -0.260. The average molecular weight is 425 g/mol. The molecule has 2 aliphatic rings. The summed E-state index contributed by atoms with van der Waals surface area (Å²) in [6, 6.07) is 13.8. The quantitative estimate of drug-likeness (QED) is 0.657. The Bertz CT molecular complexity index is 970. The van der Waals surface area contributed by atoms with Gasteiger partial charge in [-0.1, -0.05) is 31.2 Å². The molecule has 1 aliphatic heterocycles. The lowest BCUT2D eigenvalue weighted by molar-refractivity contribution is -0.116. The summed E-state index contributed by atoms with van der Waals surface area (Å²) in [4.78, 5) is 14.9. The molecule has 0 aromatic heterocycles. The third-order valence-corrected chi connectivity index (χ3v) is 5.87. The van der Waals surface area contributed by atoms with Gasteiger partial charge < -0.3 is 15.0 Å². The van der Waals surface area contributed by atoms with Crippen LogP contribution >= 0.6 is 12.2 Å². The molecule has 4 nitrogen and oxygen atoms in total.